The fraction of sp³-hybridized carbons (Fsp3) is 0.400. The lowest BCUT2D eigenvalue weighted by Crippen LogP contribution is -2.01. The first-order chi connectivity index (χ1) is 6.63. The maximum Gasteiger partial charge on any atom is 0.112 e. The molecular weight excluding hydrogens is 176 g/mol. The number of aromatic nitrogens is 3. The van der Waals surface area contributed by atoms with Gasteiger partial charge in [0.2, 0.25) is 0 Å². The fourth-order valence-electron chi connectivity index (χ4n) is 1.82. The summed E-state index contributed by atoms with van der Waals surface area (Å²) in [5.41, 5.74) is 10.7. The second-order valence-corrected chi connectivity index (χ2v) is 3.54. The molecule has 2 aromatic rings. The van der Waals surface area contributed by atoms with Crippen LogP contribution in [0, 0.1) is 13.8 Å². The van der Waals surface area contributed by atoms with Gasteiger partial charge in [0.15, 0.2) is 0 Å². The van der Waals surface area contributed by atoms with E-state index in [2.05, 4.69) is 17.0 Å². The van der Waals surface area contributed by atoms with Crippen molar-refractivity contribution in [1.82, 2.24) is 14.8 Å². The van der Waals surface area contributed by atoms with Crippen LogP contribution >= 0.6 is 0 Å². The molecule has 0 aliphatic carbocycles. The van der Waals surface area contributed by atoms with Gasteiger partial charge in [0, 0.05) is 13.6 Å². The number of rotatable bonds is 1. The molecule has 2 N–H and O–H groups in total. The second kappa shape index (κ2) is 3.06. The zero-order chi connectivity index (χ0) is 10.3. The third-order valence-electron chi connectivity index (χ3n) is 2.41. The van der Waals surface area contributed by atoms with E-state index in [1.165, 1.54) is 5.56 Å². The Hall–Kier alpha value is -1.42. The maximum atomic E-state index is 5.58. The molecule has 0 aromatic carbocycles. The molecule has 4 nitrogen and oxygen atoms in total. The summed E-state index contributed by atoms with van der Waals surface area (Å²) in [6, 6.07) is 2.02. The normalized spacial score (nSPS) is 11.1. The van der Waals surface area contributed by atoms with Crippen molar-refractivity contribution in [3.8, 4) is 0 Å². The topological polar surface area (TPSA) is 56.7 Å². The maximum absolute atomic E-state index is 5.58. The number of aryl methyl sites for hydroxylation is 3. The summed E-state index contributed by atoms with van der Waals surface area (Å²) in [6.45, 7) is 4.50. The third-order valence-corrected chi connectivity index (χ3v) is 2.41. The fourth-order valence-corrected chi connectivity index (χ4v) is 1.82. The van der Waals surface area contributed by atoms with E-state index in [-0.39, 0.29) is 0 Å². The molecule has 0 unspecified atom stereocenters. The number of fused-ring (bicyclic) bond motifs is 1. The Labute approximate surface area is 82.7 Å². The van der Waals surface area contributed by atoms with Crippen molar-refractivity contribution in [2.24, 2.45) is 12.8 Å². The van der Waals surface area contributed by atoms with Crippen molar-refractivity contribution in [1.29, 1.82) is 0 Å². The zero-order valence-corrected chi connectivity index (χ0v) is 8.70. The molecule has 0 saturated carbocycles. The van der Waals surface area contributed by atoms with E-state index in [0.29, 0.717) is 6.54 Å². The van der Waals surface area contributed by atoms with Gasteiger partial charge in [-0.2, -0.15) is 5.10 Å². The van der Waals surface area contributed by atoms with Crippen molar-refractivity contribution in [3.63, 3.8) is 0 Å². The number of nitrogens with two attached hydrogens (primary N) is 1. The number of pyridine rings is 1. The van der Waals surface area contributed by atoms with Gasteiger partial charge in [-0.05, 0) is 25.5 Å². The highest BCUT2D eigenvalue weighted by atomic mass is 15.3. The van der Waals surface area contributed by atoms with Crippen molar-refractivity contribution in [2.45, 2.75) is 20.4 Å². The number of hydrogen-bond acceptors (Lipinski definition) is 3. The van der Waals surface area contributed by atoms with Crippen molar-refractivity contribution >= 4 is 11.0 Å². The van der Waals surface area contributed by atoms with E-state index in [9.17, 15) is 0 Å². The molecule has 0 saturated heterocycles. The van der Waals surface area contributed by atoms with E-state index in [1.807, 2.05) is 24.7 Å². The largest absolute Gasteiger partial charge is 0.325 e. The SMILES string of the molecule is Cc1nn(C)c2c(C)cc(CN)nc12. The summed E-state index contributed by atoms with van der Waals surface area (Å²) < 4.78 is 1.87. The van der Waals surface area contributed by atoms with Crippen LogP contribution in [-0.2, 0) is 13.6 Å². The van der Waals surface area contributed by atoms with Gasteiger partial charge >= 0.3 is 0 Å². The van der Waals surface area contributed by atoms with Crippen LogP contribution in [0.5, 0.6) is 0 Å². The molecule has 0 aliphatic heterocycles. The molecule has 74 valence electrons. The van der Waals surface area contributed by atoms with E-state index >= 15 is 0 Å². The molecule has 0 atom stereocenters. The van der Waals surface area contributed by atoms with E-state index < -0.39 is 0 Å². The predicted octanol–water partition coefficient (Wildman–Crippen LogP) is 1.04. The van der Waals surface area contributed by atoms with Crippen LogP contribution in [0.1, 0.15) is 17.0 Å². The minimum atomic E-state index is 0.477. The van der Waals surface area contributed by atoms with E-state index in [0.717, 1.165) is 22.4 Å². The van der Waals surface area contributed by atoms with Gasteiger partial charge in [-0.1, -0.05) is 0 Å². The summed E-state index contributed by atoms with van der Waals surface area (Å²) >= 11 is 0. The minimum Gasteiger partial charge on any atom is -0.325 e. The van der Waals surface area contributed by atoms with Crippen LogP contribution < -0.4 is 5.73 Å². The lowest BCUT2D eigenvalue weighted by atomic mass is 10.2. The number of nitrogens with zero attached hydrogens (tertiary/aromatic N) is 3. The van der Waals surface area contributed by atoms with Crippen LogP contribution in [-0.4, -0.2) is 14.8 Å². The second-order valence-electron chi connectivity index (χ2n) is 3.54. The molecule has 0 spiro atoms. The van der Waals surface area contributed by atoms with E-state index in [1.54, 1.807) is 0 Å². The monoisotopic (exact) mass is 190 g/mol. The average Bonchev–Trinajstić information content (AvgIpc) is 2.42. The summed E-state index contributed by atoms with van der Waals surface area (Å²) in [5, 5.41) is 4.34. The van der Waals surface area contributed by atoms with Gasteiger partial charge in [-0.25, -0.2) is 4.98 Å². The molecule has 2 aromatic heterocycles. The Morgan fingerprint density at radius 1 is 1.43 bits per heavy atom. The van der Waals surface area contributed by atoms with Gasteiger partial charge < -0.3 is 5.73 Å². The van der Waals surface area contributed by atoms with Gasteiger partial charge in [-0.15, -0.1) is 0 Å². The van der Waals surface area contributed by atoms with E-state index in [4.69, 9.17) is 5.73 Å². The lowest BCUT2D eigenvalue weighted by molar-refractivity contribution is 0.781. The molecule has 0 aliphatic rings. The van der Waals surface area contributed by atoms with Crippen LogP contribution in [0.3, 0.4) is 0 Å². The molecular formula is C10H14N4. The Morgan fingerprint density at radius 3 is 2.79 bits per heavy atom. The quantitative estimate of drug-likeness (QED) is 0.731. The Bertz CT molecular complexity index is 484. The molecule has 14 heavy (non-hydrogen) atoms. The predicted molar refractivity (Wildman–Crippen MR) is 55.9 cm³/mol. The third kappa shape index (κ3) is 1.19. The van der Waals surface area contributed by atoms with Gasteiger partial charge in [0.05, 0.1) is 16.9 Å². The van der Waals surface area contributed by atoms with Crippen LogP contribution in [0.25, 0.3) is 11.0 Å². The molecule has 0 fully saturated rings. The Balaban J connectivity index is 2.86. The van der Waals surface area contributed by atoms with Gasteiger partial charge in [0.25, 0.3) is 0 Å². The highest BCUT2D eigenvalue weighted by Crippen LogP contribution is 2.19. The van der Waals surface area contributed by atoms with Crippen LogP contribution in [0.15, 0.2) is 6.07 Å². The Kier molecular flexibility index (Phi) is 2.00. The number of hydrogen-bond donors (Lipinski definition) is 1. The first kappa shape index (κ1) is 9.15. The van der Waals surface area contributed by atoms with Crippen LogP contribution in [0.4, 0.5) is 0 Å². The van der Waals surface area contributed by atoms with Crippen molar-refractivity contribution < 1.29 is 0 Å². The summed E-state index contributed by atoms with van der Waals surface area (Å²) in [4.78, 5) is 4.47. The standard InChI is InChI=1S/C10H14N4/c1-6-4-8(5-11)12-9-7(2)13-14(3)10(6)9/h4H,5,11H2,1-3H3. The summed E-state index contributed by atoms with van der Waals surface area (Å²) in [5.74, 6) is 0. The smallest absolute Gasteiger partial charge is 0.112 e. The van der Waals surface area contributed by atoms with Crippen molar-refractivity contribution in [2.75, 3.05) is 0 Å². The molecule has 2 heterocycles. The molecule has 0 radical (unpaired) electrons. The molecule has 4 heteroatoms. The first-order valence-corrected chi connectivity index (χ1v) is 4.63. The van der Waals surface area contributed by atoms with Crippen LogP contribution in [0.2, 0.25) is 0 Å². The minimum absolute atomic E-state index is 0.477. The van der Waals surface area contributed by atoms with Gasteiger partial charge in [0.1, 0.15) is 5.52 Å². The van der Waals surface area contributed by atoms with Gasteiger partial charge in [-0.3, -0.25) is 4.68 Å². The van der Waals surface area contributed by atoms with Crippen molar-refractivity contribution in [3.05, 3.63) is 23.0 Å². The zero-order valence-electron chi connectivity index (χ0n) is 8.70. The average molecular weight is 190 g/mol. The molecule has 0 amide bonds. The highest BCUT2D eigenvalue weighted by Gasteiger charge is 2.09. The summed E-state index contributed by atoms with van der Waals surface area (Å²) in [6.07, 6.45) is 0. The summed E-state index contributed by atoms with van der Waals surface area (Å²) in [7, 11) is 1.94. The first-order valence-electron chi connectivity index (χ1n) is 4.63. The molecule has 2 rings (SSSR count). The molecule has 0 bridgehead atoms. The lowest BCUT2D eigenvalue weighted by Gasteiger charge is -2.02. The highest BCUT2D eigenvalue weighted by molar-refractivity contribution is 5.80. The Morgan fingerprint density at radius 2 is 2.14 bits per heavy atom.